The summed E-state index contributed by atoms with van der Waals surface area (Å²) in [6.07, 6.45) is 1.51. The number of ether oxygens (including phenoxy) is 2. The van der Waals surface area contributed by atoms with Gasteiger partial charge in [0.2, 0.25) is 11.6 Å². The van der Waals surface area contributed by atoms with Crippen molar-refractivity contribution in [2.45, 2.75) is 13.2 Å². The van der Waals surface area contributed by atoms with Crippen LogP contribution >= 0.6 is 11.6 Å². The van der Waals surface area contributed by atoms with Crippen LogP contribution in [0.3, 0.4) is 0 Å². The Labute approximate surface area is 222 Å². The van der Waals surface area contributed by atoms with Crippen molar-refractivity contribution >= 4 is 29.5 Å². The normalized spacial score (nSPS) is 14.1. The van der Waals surface area contributed by atoms with Crippen LogP contribution in [-0.2, 0) is 17.9 Å². The zero-order valence-electron chi connectivity index (χ0n) is 20.2. The molecule has 4 aromatic rings. The van der Waals surface area contributed by atoms with Crippen LogP contribution in [0.25, 0.3) is 5.82 Å². The van der Waals surface area contributed by atoms with Gasteiger partial charge in [0.1, 0.15) is 18.1 Å². The van der Waals surface area contributed by atoms with Crippen molar-refractivity contribution in [3.63, 3.8) is 0 Å². The number of nitrogens with one attached hydrogen (secondary N) is 1. The number of rotatable bonds is 9. The van der Waals surface area contributed by atoms with Crippen molar-refractivity contribution in [2.24, 2.45) is 5.10 Å². The summed E-state index contributed by atoms with van der Waals surface area (Å²) < 4.78 is 17.1. The van der Waals surface area contributed by atoms with E-state index in [2.05, 4.69) is 40.7 Å². The number of nitrogens with zero attached hydrogens (tertiary/aromatic N) is 7. The number of carbonyl (C=O) groups is 1. The van der Waals surface area contributed by atoms with Gasteiger partial charge in [-0.05, 0) is 45.7 Å². The van der Waals surface area contributed by atoms with Crippen LogP contribution in [0.4, 0.5) is 5.82 Å². The van der Waals surface area contributed by atoms with E-state index in [-0.39, 0.29) is 17.3 Å². The van der Waals surface area contributed by atoms with Crippen LogP contribution in [0.2, 0.25) is 5.02 Å². The zero-order chi connectivity index (χ0) is 26.3. The topological polar surface area (TPSA) is 159 Å². The van der Waals surface area contributed by atoms with Gasteiger partial charge in [0.25, 0.3) is 5.91 Å². The van der Waals surface area contributed by atoms with E-state index in [0.29, 0.717) is 55.9 Å². The quantitative estimate of drug-likeness (QED) is 0.239. The van der Waals surface area contributed by atoms with E-state index < -0.39 is 5.91 Å². The minimum Gasteiger partial charge on any atom is -0.489 e. The van der Waals surface area contributed by atoms with Crippen molar-refractivity contribution < 1.29 is 18.9 Å². The van der Waals surface area contributed by atoms with Crippen LogP contribution in [-0.4, -0.2) is 68.6 Å². The van der Waals surface area contributed by atoms with Gasteiger partial charge in [-0.25, -0.2) is 10.1 Å². The SMILES string of the molecule is Nc1nonc1-n1nnc(CN2CCOCC2)c1C(=O)N/N=C\c1cccc(OCc2ccc(Cl)cc2)c1. The van der Waals surface area contributed by atoms with E-state index in [1.807, 2.05) is 48.5 Å². The Kier molecular flexibility index (Phi) is 7.87. The lowest BCUT2D eigenvalue weighted by Gasteiger charge is -2.25. The van der Waals surface area contributed by atoms with E-state index in [9.17, 15) is 4.79 Å². The number of anilines is 1. The summed E-state index contributed by atoms with van der Waals surface area (Å²) in [6, 6.07) is 14.7. The standard InChI is InChI=1S/C24H24ClN9O4/c25-18-6-4-16(5-7-18)15-37-19-3-1-2-17(12-19)13-27-29-24(35)21-20(14-33-8-10-36-11-9-33)28-32-34(21)23-22(26)30-38-31-23/h1-7,12-13H,8-11,14-15H2,(H2,26,30)(H,29,35)/b27-13-. The number of hydrazone groups is 1. The van der Waals surface area contributed by atoms with Crippen molar-refractivity contribution in [1.29, 1.82) is 0 Å². The first-order valence-corrected chi connectivity index (χ1v) is 12.1. The van der Waals surface area contributed by atoms with Crippen molar-refractivity contribution in [1.82, 2.24) is 35.6 Å². The van der Waals surface area contributed by atoms with Gasteiger partial charge in [-0.2, -0.15) is 9.78 Å². The van der Waals surface area contributed by atoms with Crippen LogP contribution in [0.1, 0.15) is 27.3 Å². The average molecular weight is 538 g/mol. The largest absolute Gasteiger partial charge is 0.489 e. The number of carbonyl (C=O) groups excluding carboxylic acids is 1. The second-order valence-electron chi connectivity index (χ2n) is 8.34. The molecule has 0 unspecified atom stereocenters. The molecule has 0 bridgehead atoms. The molecule has 1 aliphatic heterocycles. The van der Waals surface area contributed by atoms with E-state index in [1.165, 1.54) is 10.9 Å². The summed E-state index contributed by atoms with van der Waals surface area (Å²) >= 11 is 5.93. The Bertz CT molecular complexity index is 1410. The van der Waals surface area contributed by atoms with E-state index in [1.54, 1.807) is 0 Å². The highest BCUT2D eigenvalue weighted by Gasteiger charge is 2.26. The summed E-state index contributed by atoms with van der Waals surface area (Å²) in [5.74, 6) is 0.137. The number of nitrogens with two attached hydrogens (primary N) is 1. The van der Waals surface area contributed by atoms with Gasteiger partial charge < -0.3 is 15.2 Å². The molecular weight excluding hydrogens is 514 g/mol. The molecule has 14 heteroatoms. The molecule has 1 fully saturated rings. The molecule has 0 aliphatic carbocycles. The van der Waals surface area contributed by atoms with Gasteiger partial charge in [-0.15, -0.1) is 5.10 Å². The Morgan fingerprint density at radius 1 is 1.18 bits per heavy atom. The highest BCUT2D eigenvalue weighted by Crippen LogP contribution is 2.18. The molecule has 0 radical (unpaired) electrons. The molecule has 1 amide bonds. The van der Waals surface area contributed by atoms with Gasteiger partial charge in [-0.1, -0.05) is 41.1 Å². The maximum absolute atomic E-state index is 13.2. The van der Waals surface area contributed by atoms with E-state index in [4.69, 9.17) is 26.8 Å². The smallest absolute Gasteiger partial charge is 0.292 e. The number of nitrogen functional groups attached to an aromatic ring is 1. The minimum atomic E-state index is -0.549. The molecule has 0 atom stereocenters. The highest BCUT2D eigenvalue weighted by molar-refractivity contribution is 6.30. The number of amides is 1. The first kappa shape index (κ1) is 25.3. The molecular formula is C24H24ClN9O4. The second-order valence-corrected chi connectivity index (χ2v) is 8.78. The molecule has 2 aromatic carbocycles. The molecule has 13 nitrogen and oxygen atoms in total. The number of benzene rings is 2. The fraction of sp³-hybridized carbons (Fsp3) is 0.250. The molecule has 3 heterocycles. The summed E-state index contributed by atoms with van der Waals surface area (Å²) in [5.41, 5.74) is 10.6. The van der Waals surface area contributed by atoms with Crippen molar-refractivity contribution in [3.05, 3.63) is 76.1 Å². The fourth-order valence-electron chi connectivity index (χ4n) is 3.75. The molecule has 3 N–H and O–H groups in total. The third kappa shape index (κ3) is 6.14. The van der Waals surface area contributed by atoms with Crippen molar-refractivity contribution in [2.75, 3.05) is 32.0 Å². The van der Waals surface area contributed by atoms with Crippen LogP contribution in [0, 0.1) is 0 Å². The predicted molar refractivity (Wildman–Crippen MR) is 137 cm³/mol. The van der Waals surface area contributed by atoms with Gasteiger partial charge in [-0.3, -0.25) is 9.69 Å². The maximum atomic E-state index is 13.2. The molecule has 1 saturated heterocycles. The van der Waals surface area contributed by atoms with Crippen LogP contribution in [0.15, 0.2) is 58.3 Å². The molecule has 0 spiro atoms. The third-order valence-corrected chi connectivity index (χ3v) is 5.94. The van der Waals surface area contributed by atoms with Gasteiger partial charge in [0.05, 0.1) is 19.4 Å². The van der Waals surface area contributed by atoms with Crippen LogP contribution in [0.5, 0.6) is 5.75 Å². The molecule has 0 saturated carbocycles. The second kappa shape index (κ2) is 11.8. The fourth-order valence-corrected chi connectivity index (χ4v) is 3.88. The molecule has 1 aliphatic rings. The highest BCUT2D eigenvalue weighted by atomic mass is 35.5. The molecule has 38 heavy (non-hydrogen) atoms. The number of hydrogen-bond donors (Lipinski definition) is 2. The third-order valence-electron chi connectivity index (χ3n) is 5.68. The number of aromatic nitrogens is 5. The van der Waals surface area contributed by atoms with Crippen molar-refractivity contribution in [3.8, 4) is 11.6 Å². The molecule has 5 rings (SSSR count). The average Bonchev–Trinajstić information content (AvgIpc) is 3.54. The van der Waals surface area contributed by atoms with Gasteiger partial charge in [0, 0.05) is 24.7 Å². The van der Waals surface area contributed by atoms with E-state index in [0.717, 1.165) is 11.1 Å². The number of halogens is 1. The Morgan fingerprint density at radius 2 is 2.00 bits per heavy atom. The molecule has 196 valence electrons. The predicted octanol–water partition coefficient (Wildman–Crippen LogP) is 2.06. The van der Waals surface area contributed by atoms with Gasteiger partial charge >= 0.3 is 0 Å². The summed E-state index contributed by atoms with van der Waals surface area (Å²) in [7, 11) is 0. The monoisotopic (exact) mass is 537 g/mol. The lowest BCUT2D eigenvalue weighted by atomic mass is 10.2. The number of morpholine rings is 1. The summed E-state index contributed by atoms with van der Waals surface area (Å²) in [6.45, 7) is 3.38. The van der Waals surface area contributed by atoms with Gasteiger partial charge in [0.15, 0.2) is 5.69 Å². The maximum Gasteiger partial charge on any atom is 0.292 e. The minimum absolute atomic E-state index is 0.0270. The Morgan fingerprint density at radius 3 is 2.76 bits per heavy atom. The van der Waals surface area contributed by atoms with E-state index >= 15 is 0 Å². The lowest BCUT2D eigenvalue weighted by Crippen LogP contribution is -2.36. The Hall–Kier alpha value is -4.33. The molecule has 2 aromatic heterocycles. The summed E-state index contributed by atoms with van der Waals surface area (Å²) in [4.78, 5) is 15.3. The van der Waals surface area contributed by atoms with Crippen LogP contribution < -0.4 is 15.9 Å². The number of hydrogen-bond acceptors (Lipinski definition) is 11. The first-order valence-electron chi connectivity index (χ1n) is 11.7. The summed E-state index contributed by atoms with van der Waals surface area (Å²) in [5, 5.41) is 20.3. The first-order chi connectivity index (χ1) is 18.6. The zero-order valence-corrected chi connectivity index (χ0v) is 20.9. The lowest BCUT2D eigenvalue weighted by molar-refractivity contribution is 0.0335. The Balaban J connectivity index is 1.28.